The van der Waals surface area contributed by atoms with Gasteiger partial charge in [-0.1, -0.05) is 24.3 Å². The highest BCUT2D eigenvalue weighted by atomic mass is 16.5. The molecule has 1 aromatic carbocycles. The Morgan fingerprint density at radius 1 is 1.40 bits per heavy atom. The number of nitrogens with one attached hydrogen (secondary N) is 1. The number of methoxy groups -OCH3 is 1. The van der Waals surface area contributed by atoms with Crippen LogP contribution in [-0.2, 0) is 26.2 Å². The Morgan fingerprint density at radius 3 is 2.95 bits per heavy atom. The summed E-state index contributed by atoms with van der Waals surface area (Å²) in [6, 6.07) is 8.14. The molecule has 1 atom stereocenters. The van der Waals surface area contributed by atoms with Gasteiger partial charge in [-0.15, -0.1) is 0 Å². The molecule has 0 fully saturated rings. The summed E-state index contributed by atoms with van der Waals surface area (Å²) in [6.07, 6.45) is 2.77. The molecular formula is C16H23NO3. The van der Waals surface area contributed by atoms with E-state index in [0.717, 1.165) is 24.8 Å². The Balaban J connectivity index is 2.34. The molecule has 4 nitrogen and oxygen atoms in total. The summed E-state index contributed by atoms with van der Waals surface area (Å²) in [7, 11) is 1.66. The van der Waals surface area contributed by atoms with Gasteiger partial charge >= 0.3 is 5.97 Å². The van der Waals surface area contributed by atoms with Gasteiger partial charge < -0.3 is 9.47 Å². The predicted molar refractivity (Wildman–Crippen MR) is 77.6 cm³/mol. The van der Waals surface area contributed by atoms with Gasteiger partial charge in [0, 0.05) is 13.7 Å². The zero-order valence-corrected chi connectivity index (χ0v) is 12.3. The lowest BCUT2D eigenvalue weighted by Gasteiger charge is -2.37. The van der Waals surface area contributed by atoms with Crippen LogP contribution in [0.3, 0.4) is 0 Å². The average Bonchev–Trinajstić information content (AvgIpc) is 2.48. The highest BCUT2D eigenvalue weighted by molar-refractivity contribution is 5.83. The summed E-state index contributed by atoms with van der Waals surface area (Å²) in [5.74, 6) is -0.178. The summed E-state index contributed by atoms with van der Waals surface area (Å²) in [6.45, 7) is 3.44. The summed E-state index contributed by atoms with van der Waals surface area (Å²) < 4.78 is 10.4. The second-order valence-corrected chi connectivity index (χ2v) is 5.06. The predicted octanol–water partition coefficient (Wildman–Crippen LogP) is 2.02. The molecule has 1 aliphatic carbocycles. The van der Waals surface area contributed by atoms with Crippen molar-refractivity contribution >= 4 is 5.97 Å². The van der Waals surface area contributed by atoms with E-state index in [4.69, 9.17) is 9.47 Å². The molecule has 1 unspecified atom stereocenters. The molecule has 0 bridgehead atoms. The van der Waals surface area contributed by atoms with Crippen LogP contribution in [0.5, 0.6) is 0 Å². The quantitative estimate of drug-likeness (QED) is 0.638. The monoisotopic (exact) mass is 277 g/mol. The number of aryl methyl sites for hydroxylation is 1. The van der Waals surface area contributed by atoms with Crippen LogP contribution in [0.4, 0.5) is 0 Å². The third-order valence-electron chi connectivity index (χ3n) is 3.83. The maximum atomic E-state index is 12.6. The molecule has 2 rings (SSSR count). The number of ether oxygens (including phenoxy) is 2. The van der Waals surface area contributed by atoms with Gasteiger partial charge in [0.25, 0.3) is 0 Å². The Labute approximate surface area is 120 Å². The SMILES string of the molecule is CCOC(=O)C1(NCCOC)CCCc2ccccc21. The number of fused-ring (bicyclic) bond motifs is 1. The number of hydrogen-bond donors (Lipinski definition) is 1. The first kappa shape index (κ1) is 15.0. The maximum Gasteiger partial charge on any atom is 0.331 e. The van der Waals surface area contributed by atoms with Crippen molar-refractivity contribution in [2.75, 3.05) is 26.9 Å². The Hall–Kier alpha value is -1.39. The molecule has 0 spiro atoms. The standard InChI is InChI=1S/C16H23NO3/c1-3-20-15(18)16(17-11-12-19-2)10-6-8-13-7-4-5-9-14(13)16/h4-5,7,9,17H,3,6,8,10-12H2,1-2H3. The van der Waals surface area contributed by atoms with E-state index in [9.17, 15) is 4.79 Å². The molecule has 1 N–H and O–H groups in total. The van der Waals surface area contributed by atoms with Crippen LogP contribution >= 0.6 is 0 Å². The highest BCUT2D eigenvalue weighted by Crippen LogP contribution is 2.36. The minimum atomic E-state index is -0.719. The summed E-state index contributed by atoms with van der Waals surface area (Å²) in [5, 5.41) is 3.38. The van der Waals surface area contributed by atoms with E-state index in [1.54, 1.807) is 7.11 Å². The van der Waals surface area contributed by atoms with Crippen LogP contribution < -0.4 is 5.32 Å². The van der Waals surface area contributed by atoms with E-state index in [1.165, 1.54) is 5.56 Å². The fraction of sp³-hybridized carbons (Fsp3) is 0.562. The molecular weight excluding hydrogens is 254 g/mol. The molecule has 0 aliphatic heterocycles. The molecule has 0 saturated carbocycles. The van der Waals surface area contributed by atoms with Crippen LogP contribution in [-0.4, -0.2) is 32.8 Å². The zero-order chi connectivity index (χ0) is 14.4. The Kier molecular flexibility index (Phi) is 5.15. The average molecular weight is 277 g/mol. The number of rotatable bonds is 6. The van der Waals surface area contributed by atoms with Gasteiger partial charge in [0.1, 0.15) is 5.54 Å². The van der Waals surface area contributed by atoms with E-state index < -0.39 is 5.54 Å². The first-order chi connectivity index (χ1) is 9.74. The van der Waals surface area contributed by atoms with Crippen molar-refractivity contribution in [2.24, 2.45) is 0 Å². The molecule has 20 heavy (non-hydrogen) atoms. The second kappa shape index (κ2) is 6.86. The van der Waals surface area contributed by atoms with Crippen LogP contribution in [0.1, 0.15) is 30.9 Å². The van der Waals surface area contributed by atoms with Gasteiger partial charge in [0.05, 0.1) is 13.2 Å². The lowest BCUT2D eigenvalue weighted by atomic mass is 9.76. The Morgan fingerprint density at radius 2 is 2.20 bits per heavy atom. The first-order valence-electron chi connectivity index (χ1n) is 7.24. The zero-order valence-electron chi connectivity index (χ0n) is 12.3. The minimum absolute atomic E-state index is 0.178. The molecule has 1 aromatic rings. The van der Waals surface area contributed by atoms with Crippen molar-refractivity contribution in [2.45, 2.75) is 31.7 Å². The topological polar surface area (TPSA) is 47.6 Å². The van der Waals surface area contributed by atoms with Gasteiger partial charge in [-0.2, -0.15) is 0 Å². The van der Waals surface area contributed by atoms with Gasteiger partial charge in [0.15, 0.2) is 0 Å². The van der Waals surface area contributed by atoms with Crippen LogP contribution in [0.15, 0.2) is 24.3 Å². The van der Waals surface area contributed by atoms with Gasteiger partial charge in [0.2, 0.25) is 0 Å². The fourth-order valence-corrected chi connectivity index (χ4v) is 2.92. The highest BCUT2D eigenvalue weighted by Gasteiger charge is 2.44. The van der Waals surface area contributed by atoms with E-state index in [0.29, 0.717) is 19.8 Å². The smallest absolute Gasteiger partial charge is 0.331 e. The summed E-state index contributed by atoms with van der Waals surface area (Å²) in [4.78, 5) is 12.6. The third-order valence-corrected chi connectivity index (χ3v) is 3.83. The lowest BCUT2D eigenvalue weighted by Crippen LogP contribution is -2.53. The molecule has 0 saturated heterocycles. The van der Waals surface area contributed by atoms with E-state index in [1.807, 2.05) is 25.1 Å². The van der Waals surface area contributed by atoms with Crippen LogP contribution in [0, 0.1) is 0 Å². The van der Waals surface area contributed by atoms with Crippen molar-refractivity contribution < 1.29 is 14.3 Å². The van der Waals surface area contributed by atoms with Crippen molar-refractivity contribution in [3.05, 3.63) is 35.4 Å². The molecule has 1 aliphatic rings. The normalized spacial score (nSPS) is 21.3. The van der Waals surface area contributed by atoms with Gasteiger partial charge in [-0.25, -0.2) is 4.79 Å². The molecule has 0 aromatic heterocycles. The van der Waals surface area contributed by atoms with Crippen LogP contribution in [0.2, 0.25) is 0 Å². The van der Waals surface area contributed by atoms with Crippen molar-refractivity contribution in [3.8, 4) is 0 Å². The fourth-order valence-electron chi connectivity index (χ4n) is 2.92. The largest absolute Gasteiger partial charge is 0.464 e. The Bertz CT molecular complexity index is 461. The molecule has 0 amide bonds. The lowest BCUT2D eigenvalue weighted by molar-refractivity contribution is -0.152. The summed E-state index contributed by atoms with van der Waals surface area (Å²) >= 11 is 0. The van der Waals surface area contributed by atoms with Crippen molar-refractivity contribution in [3.63, 3.8) is 0 Å². The minimum Gasteiger partial charge on any atom is -0.464 e. The van der Waals surface area contributed by atoms with Gasteiger partial charge in [-0.3, -0.25) is 5.32 Å². The number of esters is 1. The first-order valence-corrected chi connectivity index (χ1v) is 7.24. The van der Waals surface area contributed by atoms with E-state index in [2.05, 4.69) is 11.4 Å². The van der Waals surface area contributed by atoms with Crippen LogP contribution in [0.25, 0.3) is 0 Å². The molecule has 0 radical (unpaired) electrons. The van der Waals surface area contributed by atoms with E-state index in [-0.39, 0.29) is 5.97 Å². The molecule has 0 heterocycles. The van der Waals surface area contributed by atoms with Crippen molar-refractivity contribution in [1.29, 1.82) is 0 Å². The van der Waals surface area contributed by atoms with Crippen molar-refractivity contribution in [1.82, 2.24) is 5.32 Å². The number of hydrogen-bond acceptors (Lipinski definition) is 4. The van der Waals surface area contributed by atoms with E-state index >= 15 is 0 Å². The number of carbonyl (C=O) groups excluding carboxylic acids is 1. The number of benzene rings is 1. The van der Waals surface area contributed by atoms with Gasteiger partial charge in [-0.05, 0) is 37.3 Å². The number of carbonyl (C=O) groups is 1. The third kappa shape index (κ3) is 2.86. The molecule has 4 heteroatoms. The second-order valence-electron chi connectivity index (χ2n) is 5.06. The maximum absolute atomic E-state index is 12.6. The summed E-state index contributed by atoms with van der Waals surface area (Å²) in [5.41, 5.74) is 1.57. The molecule has 110 valence electrons.